The van der Waals surface area contributed by atoms with Crippen molar-refractivity contribution in [3.63, 3.8) is 0 Å². The first-order valence-electron chi connectivity index (χ1n) is 9.20. The number of hydrogen-bond donors (Lipinski definition) is 0. The molecule has 146 valence electrons. The van der Waals surface area contributed by atoms with Crippen LogP contribution < -0.4 is 9.80 Å². The molecular weight excluding hydrogens is 374 g/mol. The molecule has 0 atom stereocenters. The largest absolute Gasteiger partial charge is 0.376 e. The molecule has 1 aromatic heterocycles. The number of hydrogen-bond acceptors (Lipinski definition) is 6. The highest BCUT2D eigenvalue weighted by atomic mass is 32.2. The van der Waals surface area contributed by atoms with E-state index in [4.69, 9.17) is 0 Å². The van der Waals surface area contributed by atoms with Crippen LogP contribution >= 0.6 is 0 Å². The van der Waals surface area contributed by atoms with Gasteiger partial charge in [0.15, 0.2) is 5.82 Å². The molecule has 7 nitrogen and oxygen atoms in total. The monoisotopic (exact) mass is 397 g/mol. The van der Waals surface area contributed by atoms with Gasteiger partial charge >= 0.3 is 0 Å². The minimum Gasteiger partial charge on any atom is -0.376 e. The number of sulfonamides is 1. The van der Waals surface area contributed by atoms with Crippen molar-refractivity contribution in [1.29, 1.82) is 0 Å². The number of aromatic nitrogens is 2. The minimum absolute atomic E-state index is 0.369. The van der Waals surface area contributed by atoms with E-state index >= 15 is 0 Å². The first-order valence-corrected chi connectivity index (χ1v) is 10.6. The van der Waals surface area contributed by atoms with Gasteiger partial charge in [0.25, 0.3) is 0 Å². The third-order valence-corrected chi connectivity index (χ3v) is 7.03. The maximum Gasteiger partial charge on any atom is 0.243 e. The number of benzene rings is 2. The molecule has 0 saturated carbocycles. The van der Waals surface area contributed by atoms with Crippen molar-refractivity contribution in [3.05, 3.63) is 54.7 Å². The van der Waals surface area contributed by atoms with Gasteiger partial charge in [-0.1, -0.05) is 36.4 Å². The maximum absolute atomic E-state index is 13.3. The standard InChI is InChI=1S/C20H23N5O2S/c1-23(2)17-14-20(22-21-15-17)24-10-12-25(13-11-24)28(26,27)19-9-5-7-16-6-3-4-8-18(16)19/h3-9,14-15H,10-13H2,1-2H3. The molecule has 1 aliphatic rings. The highest BCUT2D eigenvalue weighted by Gasteiger charge is 2.30. The molecule has 1 aliphatic heterocycles. The van der Waals surface area contributed by atoms with Crippen molar-refractivity contribution in [2.24, 2.45) is 0 Å². The topological polar surface area (TPSA) is 69.6 Å². The zero-order valence-corrected chi connectivity index (χ0v) is 16.8. The molecule has 0 amide bonds. The number of piperazine rings is 1. The van der Waals surface area contributed by atoms with Gasteiger partial charge in [-0.2, -0.15) is 9.40 Å². The molecule has 0 spiro atoms. The summed E-state index contributed by atoms with van der Waals surface area (Å²) >= 11 is 0. The fraction of sp³-hybridized carbons (Fsp3) is 0.300. The Bertz CT molecular complexity index is 1090. The smallest absolute Gasteiger partial charge is 0.243 e. The molecule has 0 radical (unpaired) electrons. The van der Waals surface area contributed by atoms with Gasteiger partial charge in [-0.3, -0.25) is 0 Å². The van der Waals surface area contributed by atoms with Crippen LogP contribution in [0.3, 0.4) is 0 Å². The fourth-order valence-corrected chi connectivity index (χ4v) is 5.10. The lowest BCUT2D eigenvalue weighted by molar-refractivity contribution is 0.384. The molecule has 8 heteroatoms. The van der Waals surface area contributed by atoms with Crippen molar-refractivity contribution in [2.45, 2.75) is 4.90 Å². The van der Waals surface area contributed by atoms with Crippen LogP contribution in [0.15, 0.2) is 59.6 Å². The predicted octanol–water partition coefficient (Wildman–Crippen LogP) is 2.21. The van der Waals surface area contributed by atoms with Crippen LogP contribution in [0, 0.1) is 0 Å². The molecular formula is C20H23N5O2S. The van der Waals surface area contributed by atoms with Crippen LogP contribution in [0.4, 0.5) is 11.5 Å². The minimum atomic E-state index is -3.55. The van der Waals surface area contributed by atoms with Crippen LogP contribution in [0.25, 0.3) is 10.8 Å². The molecule has 0 bridgehead atoms. The van der Waals surface area contributed by atoms with Crippen molar-refractivity contribution >= 4 is 32.3 Å². The lowest BCUT2D eigenvalue weighted by Gasteiger charge is -2.34. The number of anilines is 2. The first-order chi connectivity index (χ1) is 13.5. The van der Waals surface area contributed by atoms with Crippen LogP contribution in [-0.2, 0) is 10.0 Å². The van der Waals surface area contributed by atoms with Gasteiger partial charge in [0.05, 0.1) is 16.8 Å². The number of rotatable bonds is 4. The number of nitrogens with zero attached hydrogens (tertiary/aromatic N) is 5. The van der Waals surface area contributed by atoms with E-state index in [0.29, 0.717) is 31.1 Å². The van der Waals surface area contributed by atoms with Gasteiger partial charge in [0, 0.05) is 51.7 Å². The second-order valence-electron chi connectivity index (χ2n) is 7.03. The van der Waals surface area contributed by atoms with Gasteiger partial charge in [-0.15, -0.1) is 5.10 Å². The summed E-state index contributed by atoms with van der Waals surface area (Å²) in [4.78, 5) is 4.42. The molecule has 1 fully saturated rings. The van der Waals surface area contributed by atoms with E-state index in [1.165, 1.54) is 0 Å². The Labute approximate surface area is 165 Å². The van der Waals surface area contributed by atoms with E-state index in [1.807, 2.05) is 55.4 Å². The number of fused-ring (bicyclic) bond motifs is 1. The van der Waals surface area contributed by atoms with Gasteiger partial charge in [-0.25, -0.2) is 8.42 Å². The fourth-order valence-electron chi connectivity index (χ4n) is 3.46. The van der Waals surface area contributed by atoms with Gasteiger partial charge in [-0.05, 0) is 11.5 Å². The zero-order chi connectivity index (χ0) is 19.7. The summed E-state index contributed by atoms with van der Waals surface area (Å²) in [5, 5.41) is 9.97. The molecule has 4 rings (SSSR count). The summed E-state index contributed by atoms with van der Waals surface area (Å²) in [5.41, 5.74) is 0.968. The molecule has 0 N–H and O–H groups in total. The van der Waals surface area contributed by atoms with Crippen molar-refractivity contribution < 1.29 is 8.42 Å². The van der Waals surface area contributed by atoms with Crippen molar-refractivity contribution in [2.75, 3.05) is 50.1 Å². The van der Waals surface area contributed by atoms with E-state index in [9.17, 15) is 8.42 Å². The molecule has 3 aromatic rings. The molecule has 2 aromatic carbocycles. The first kappa shape index (κ1) is 18.6. The average Bonchev–Trinajstić information content (AvgIpc) is 2.73. The van der Waals surface area contributed by atoms with E-state index in [1.54, 1.807) is 22.6 Å². The highest BCUT2D eigenvalue weighted by Crippen LogP contribution is 2.27. The van der Waals surface area contributed by atoms with Crippen LogP contribution in [-0.4, -0.2) is 63.2 Å². The Balaban J connectivity index is 1.55. The van der Waals surface area contributed by atoms with Crippen LogP contribution in [0.2, 0.25) is 0 Å². The maximum atomic E-state index is 13.3. The molecule has 28 heavy (non-hydrogen) atoms. The summed E-state index contributed by atoms with van der Waals surface area (Å²) in [6, 6.07) is 15.0. The van der Waals surface area contributed by atoms with Gasteiger partial charge in [0.2, 0.25) is 10.0 Å². The van der Waals surface area contributed by atoms with Crippen LogP contribution in [0.5, 0.6) is 0 Å². The van der Waals surface area contributed by atoms with E-state index in [2.05, 4.69) is 15.1 Å². The third kappa shape index (κ3) is 3.41. The highest BCUT2D eigenvalue weighted by molar-refractivity contribution is 7.89. The lowest BCUT2D eigenvalue weighted by atomic mass is 10.1. The second-order valence-corrected chi connectivity index (χ2v) is 8.94. The Hall–Kier alpha value is -2.71. The molecule has 1 saturated heterocycles. The Morgan fingerprint density at radius 2 is 1.68 bits per heavy atom. The SMILES string of the molecule is CN(C)c1cnnc(N2CCN(S(=O)(=O)c3cccc4ccccc34)CC2)c1. The summed E-state index contributed by atoms with van der Waals surface area (Å²) in [5.74, 6) is 0.772. The van der Waals surface area contributed by atoms with E-state index in [-0.39, 0.29) is 0 Å². The second kappa shape index (κ2) is 7.37. The third-order valence-electron chi connectivity index (χ3n) is 5.07. The molecule has 0 unspecified atom stereocenters. The van der Waals surface area contributed by atoms with Gasteiger partial charge < -0.3 is 9.80 Å². The summed E-state index contributed by atoms with van der Waals surface area (Å²) in [6.07, 6.45) is 1.71. The normalized spacial score (nSPS) is 15.7. The quantitative estimate of drug-likeness (QED) is 0.672. The Kier molecular flexibility index (Phi) is 4.91. The predicted molar refractivity (Wildman–Crippen MR) is 111 cm³/mol. The van der Waals surface area contributed by atoms with E-state index < -0.39 is 10.0 Å². The summed E-state index contributed by atoms with van der Waals surface area (Å²) in [6.45, 7) is 1.99. The Morgan fingerprint density at radius 1 is 0.964 bits per heavy atom. The summed E-state index contributed by atoms with van der Waals surface area (Å²) in [7, 11) is 0.354. The summed E-state index contributed by atoms with van der Waals surface area (Å²) < 4.78 is 28.1. The molecule has 2 heterocycles. The zero-order valence-electron chi connectivity index (χ0n) is 16.0. The lowest BCUT2D eigenvalue weighted by Crippen LogP contribution is -2.49. The van der Waals surface area contributed by atoms with Crippen molar-refractivity contribution in [3.8, 4) is 0 Å². The average molecular weight is 398 g/mol. The van der Waals surface area contributed by atoms with Crippen LogP contribution in [0.1, 0.15) is 0 Å². The Morgan fingerprint density at radius 3 is 2.43 bits per heavy atom. The van der Waals surface area contributed by atoms with E-state index in [0.717, 1.165) is 22.3 Å². The van der Waals surface area contributed by atoms with Crippen molar-refractivity contribution in [1.82, 2.24) is 14.5 Å². The molecule has 0 aliphatic carbocycles. The van der Waals surface area contributed by atoms with Gasteiger partial charge in [0.1, 0.15) is 0 Å².